The Morgan fingerprint density at radius 1 is 1.07 bits per heavy atom. The van der Waals surface area contributed by atoms with Crippen LogP contribution < -0.4 is 9.47 Å². The van der Waals surface area contributed by atoms with E-state index in [1.165, 1.54) is 4.90 Å². The summed E-state index contributed by atoms with van der Waals surface area (Å²) in [5, 5.41) is 8.73. The van der Waals surface area contributed by atoms with Crippen molar-refractivity contribution in [1.82, 2.24) is 4.90 Å². The first-order valence-corrected chi connectivity index (χ1v) is 8.18. The number of para-hydroxylation sites is 1. The fraction of sp³-hybridized carbons (Fsp3) is 0.250. The zero-order valence-electron chi connectivity index (χ0n) is 15.2. The summed E-state index contributed by atoms with van der Waals surface area (Å²) in [6.07, 6.45) is 0. The molecule has 0 unspecified atom stereocenters. The number of hydrogen-bond acceptors (Lipinski definition) is 6. The molecule has 0 saturated carbocycles. The number of methoxy groups -OCH3 is 1. The second kappa shape index (κ2) is 9.82. The summed E-state index contributed by atoms with van der Waals surface area (Å²) in [6.45, 7) is -0.362. The average molecular weight is 368 g/mol. The van der Waals surface area contributed by atoms with E-state index in [-0.39, 0.29) is 19.1 Å². The third-order valence-electron chi connectivity index (χ3n) is 3.72. The van der Waals surface area contributed by atoms with E-state index in [1.807, 2.05) is 30.3 Å². The Kier molecular flexibility index (Phi) is 7.20. The van der Waals surface area contributed by atoms with Gasteiger partial charge in [0.25, 0.3) is 5.91 Å². The number of benzene rings is 2. The third-order valence-corrected chi connectivity index (χ3v) is 3.72. The van der Waals surface area contributed by atoms with Crippen LogP contribution in [0.4, 0.5) is 0 Å². The molecule has 1 amide bonds. The molecule has 0 saturated heterocycles. The molecule has 2 aromatic carbocycles. The van der Waals surface area contributed by atoms with E-state index in [9.17, 15) is 9.59 Å². The lowest BCUT2D eigenvalue weighted by Crippen LogP contribution is -2.31. The molecule has 2 rings (SSSR count). The van der Waals surface area contributed by atoms with Gasteiger partial charge in [-0.15, -0.1) is 0 Å². The van der Waals surface area contributed by atoms with Crippen LogP contribution >= 0.6 is 0 Å². The van der Waals surface area contributed by atoms with Crippen molar-refractivity contribution in [1.29, 1.82) is 5.26 Å². The van der Waals surface area contributed by atoms with Crippen LogP contribution in [0, 0.1) is 11.3 Å². The molecule has 27 heavy (non-hydrogen) atoms. The fourth-order valence-electron chi connectivity index (χ4n) is 2.24. The Hall–Kier alpha value is -3.53. The van der Waals surface area contributed by atoms with Gasteiger partial charge in [0, 0.05) is 19.2 Å². The van der Waals surface area contributed by atoms with E-state index in [0.717, 1.165) is 5.56 Å². The molecule has 7 heteroatoms. The Balaban J connectivity index is 1.76. The second-order valence-electron chi connectivity index (χ2n) is 5.65. The molecule has 140 valence electrons. The molecule has 0 radical (unpaired) electrons. The zero-order valence-corrected chi connectivity index (χ0v) is 15.2. The number of nitrogens with zero attached hydrogens (tertiary/aromatic N) is 2. The minimum atomic E-state index is -0.654. The SMILES string of the molecule is COc1ccccc1CN(C)C(=O)COC(=O)COc1ccc(C#N)cc1. The normalized spacial score (nSPS) is 9.81. The summed E-state index contributed by atoms with van der Waals surface area (Å²) in [5.41, 5.74) is 1.35. The highest BCUT2D eigenvalue weighted by Gasteiger charge is 2.14. The molecule has 0 heterocycles. The smallest absolute Gasteiger partial charge is 0.344 e. The van der Waals surface area contributed by atoms with Crippen LogP contribution in [0.5, 0.6) is 11.5 Å². The van der Waals surface area contributed by atoms with Crippen molar-refractivity contribution in [2.75, 3.05) is 27.4 Å². The fourth-order valence-corrected chi connectivity index (χ4v) is 2.24. The topological polar surface area (TPSA) is 88.9 Å². The van der Waals surface area contributed by atoms with Crippen molar-refractivity contribution < 1.29 is 23.8 Å². The van der Waals surface area contributed by atoms with Crippen LogP contribution in [0.2, 0.25) is 0 Å². The van der Waals surface area contributed by atoms with Crippen LogP contribution in [0.3, 0.4) is 0 Å². The van der Waals surface area contributed by atoms with Gasteiger partial charge in [-0.05, 0) is 30.3 Å². The number of esters is 1. The number of ether oxygens (including phenoxy) is 3. The Morgan fingerprint density at radius 3 is 2.44 bits per heavy atom. The van der Waals surface area contributed by atoms with E-state index in [0.29, 0.717) is 23.6 Å². The van der Waals surface area contributed by atoms with Gasteiger partial charge in [0.05, 0.1) is 18.7 Å². The van der Waals surface area contributed by atoms with Gasteiger partial charge in [-0.25, -0.2) is 4.79 Å². The summed E-state index contributed by atoms with van der Waals surface area (Å²) < 4.78 is 15.5. The van der Waals surface area contributed by atoms with Crippen LogP contribution in [0.15, 0.2) is 48.5 Å². The van der Waals surface area contributed by atoms with Gasteiger partial charge in [-0.2, -0.15) is 5.26 Å². The average Bonchev–Trinajstić information content (AvgIpc) is 2.71. The number of rotatable bonds is 8. The molecule has 0 atom stereocenters. The summed E-state index contributed by atoms with van der Waals surface area (Å²) in [4.78, 5) is 25.3. The van der Waals surface area contributed by atoms with E-state index < -0.39 is 5.97 Å². The molecule has 0 aliphatic carbocycles. The number of amides is 1. The predicted octanol–water partition coefficient (Wildman–Crippen LogP) is 2.15. The summed E-state index contributed by atoms with van der Waals surface area (Å²) >= 11 is 0. The summed E-state index contributed by atoms with van der Waals surface area (Å²) in [7, 11) is 3.19. The standard InChI is InChI=1S/C20H20N2O5/c1-22(12-16-5-3-4-6-18(16)25-2)19(23)13-27-20(24)14-26-17-9-7-15(11-21)8-10-17/h3-10H,12-14H2,1-2H3. The first-order chi connectivity index (χ1) is 13.0. The molecule has 0 fully saturated rings. The van der Waals surface area contributed by atoms with Crippen molar-refractivity contribution >= 4 is 11.9 Å². The van der Waals surface area contributed by atoms with Gasteiger partial charge in [-0.3, -0.25) is 4.79 Å². The molecular weight excluding hydrogens is 348 g/mol. The van der Waals surface area contributed by atoms with Crippen molar-refractivity contribution in [3.63, 3.8) is 0 Å². The minimum absolute atomic E-state index is 0.324. The molecule has 0 N–H and O–H groups in total. The minimum Gasteiger partial charge on any atom is -0.496 e. The maximum atomic E-state index is 12.1. The highest BCUT2D eigenvalue weighted by molar-refractivity contribution is 5.80. The maximum Gasteiger partial charge on any atom is 0.344 e. The molecule has 0 aliphatic heterocycles. The van der Waals surface area contributed by atoms with E-state index in [4.69, 9.17) is 19.5 Å². The predicted molar refractivity (Wildman–Crippen MR) is 97.1 cm³/mol. The molecule has 2 aromatic rings. The lowest BCUT2D eigenvalue weighted by Gasteiger charge is -2.18. The summed E-state index contributed by atoms with van der Waals surface area (Å²) in [5.74, 6) is 0.126. The van der Waals surface area contributed by atoms with Gasteiger partial charge in [-0.1, -0.05) is 18.2 Å². The van der Waals surface area contributed by atoms with Gasteiger partial charge in [0.1, 0.15) is 11.5 Å². The third kappa shape index (κ3) is 6.04. The van der Waals surface area contributed by atoms with Crippen LogP contribution in [0.1, 0.15) is 11.1 Å². The van der Waals surface area contributed by atoms with Crippen LogP contribution in [-0.4, -0.2) is 44.1 Å². The van der Waals surface area contributed by atoms with Crippen molar-refractivity contribution in [2.45, 2.75) is 6.54 Å². The van der Waals surface area contributed by atoms with Crippen molar-refractivity contribution in [3.05, 3.63) is 59.7 Å². The summed E-state index contributed by atoms with van der Waals surface area (Å²) in [6, 6.07) is 15.7. The lowest BCUT2D eigenvalue weighted by molar-refractivity contribution is -0.153. The van der Waals surface area contributed by atoms with E-state index in [1.54, 1.807) is 38.4 Å². The molecule has 7 nitrogen and oxygen atoms in total. The number of carbonyl (C=O) groups is 2. The zero-order chi connectivity index (χ0) is 19.6. The van der Waals surface area contributed by atoms with Gasteiger partial charge in [0.15, 0.2) is 13.2 Å². The Labute approximate surface area is 157 Å². The Morgan fingerprint density at radius 2 is 1.78 bits per heavy atom. The second-order valence-corrected chi connectivity index (χ2v) is 5.65. The molecule has 0 bridgehead atoms. The Bertz CT molecular complexity index is 827. The number of carbonyl (C=O) groups excluding carboxylic acids is 2. The van der Waals surface area contributed by atoms with Gasteiger partial charge in [0.2, 0.25) is 0 Å². The first-order valence-electron chi connectivity index (χ1n) is 8.18. The number of hydrogen-bond donors (Lipinski definition) is 0. The quantitative estimate of drug-likeness (QED) is 0.664. The first kappa shape index (κ1) is 19.8. The highest BCUT2D eigenvalue weighted by Crippen LogP contribution is 2.18. The van der Waals surface area contributed by atoms with Gasteiger partial charge < -0.3 is 19.1 Å². The maximum absolute atomic E-state index is 12.1. The van der Waals surface area contributed by atoms with Crippen LogP contribution in [-0.2, 0) is 20.9 Å². The van der Waals surface area contributed by atoms with Crippen LogP contribution in [0.25, 0.3) is 0 Å². The molecule has 0 aromatic heterocycles. The molecular formula is C20H20N2O5. The molecule has 0 aliphatic rings. The largest absolute Gasteiger partial charge is 0.496 e. The monoisotopic (exact) mass is 368 g/mol. The van der Waals surface area contributed by atoms with E-state index in [2.05, 4.69) is 0 Å². The van der Waals surface area contributed by atoms with E-state index >= 15 is 0 Å². The number of likely N-dealkylation sites (N-methyl/N-ethyl adjacent to an activating group) is 1. The van der Waals surface area contributed by atoms with Crippen molar-refractivity contribution in [3.8, 4) is 17.6 Å². The lowest BCUT2D eigenvalue weighted by atomic mass is 10.2. The highest BCUT2D eigenvalue weighted by atomic mass is 16.6. The molecule has 0 spiro atoms. The number of nitriles is 1. The van der Waals surface area contributed by atoms with Crippen molar-refractivity contribution in [2.24, 2.45) is 0 Å². The van der Waals surface area contributed by atoms with Gasteiger partial charge >= 0.3 is 5.97 Å².